The van der Waals surface area contributed by atoms with Gasteiger partial charge >= 0.3 is 0 Å². The summed E-state index contributed by atoms with van der Waals surface area (Å²) in [7, 11) is 0. The largest absolute Gasteiger partial charge is 0.461 e. The highest BCUT2D eigenvalue weighted by atomic mass is 32.2. The zero-order chi connectivity index (χ0) is 20.4. The summed E-state index contributed by atoms with van der Waals surface area (Å²) in [5, 5.41) is 12.8. The summed E-state index contributed by atoms with van der Waals surface area (Å²) >= 11 is 2.27. The molecule has 0 saturated heterocycles. The second-order valence-electron chi connectivity index (χ2n) is 5.66. The molecule has 4 rings (SSSR count). The molecule has 0 unspecified atom stereocenters. The number of aromatic nitrogens is 4. The third-order valence-electron chi connectivity index (χ3n) is 3.70. The first-order valence-corrected chi connectivity index (χ1v) is 9.96. The molecule has 1 amide bonds. The Morgan fingerprint density at radius 2 is 2.14 bits per heavy atom. The van der Waals surface area contributed by atoms with E-state index < -0.39 is 11.6 Å². The van der Waals surface area contributed by atoms with Gasteiger partial charge in [-0.2, -0.15) is 0 Å². The van der Waals surface area contributed by atoms with Gasteiger partial charge in [0.05, 0.1) is 17.7 Å². The lowest BCUT2D eigenvalue weighted by Crippen LogP contribution is -2.16. The van der Waals surface area contributed by atoms with E-state index in [9.17, 15) is 13.6 Å². The number of thioether (sulfide) groups is 1. The van der Waals surface area contributed by atoms with Crippen molar-refractivity contribution in [3.8, 4) is 22.8 Å². The predicted molar refractivity (Wildman–Crippen MR) is 105 cm³/mol. The van der Waals surface area contributed by atoms with E-state index in [0.717, 1.165) is 23.9 Å². The van der Waals surface area contributed by atoms with Gasteiger partial charge in [0.2, 0.25) is 16.9 Å². The number of amides is 1. The van der Waals surface area contributed by atoms with Gasteiger partial charge in [0, 0.05) is 10.9 Å². The Morgan fingerprint density at radius 1 is 1.28 bits per heavy atom. The van der Waals surface area contributed by atoms with Crippen LogP contribution in [0.25, 0.3) is 22.8 Å². The van der Waals surface area contributed by atoms with Crippen molar-refractivity contribution in [3.63, 3.8) is 0 Å². The Hall–Kier alpha value is -3.25. The summed E-state index contributed by atoms with van der Waals surface area (Å²) in [4.78, 5) is 16.4. The monoisotopic (exact) mass is 434 g/mol. The molecule has 0 saturated carbocycles. The van der Waals surface area contributed by atoms with Crippen LogP contribution in [0, 0.1) is 11.6 Å². The molecule has 3 heterocycles. The van der Waals surface area contributed by atoms with Crippen LogP contribution in [0.1, 0.15) is 0 Å². The number of furan rings is 1. The molecule has 1 aromatic carbocycles. The van der Waals surface area contributed by atoms with Crippen molar-refractivity contribution < 1.29 is 18.0 Å². The highest BCUT2D eigenvalue weighted by Gasteiger charge is 2.16. The molecule has 29 heavy (non-hydrogen) atoms. The molecule has 0 bridgehead atoms. The van der Waals surface area contributed by atoms with E-state index in [1.54, 1.807) is 17.5 Å². The SMILES string of the molecule is Nn1c(SCC(=O)Nc2nc(-c3ccc(F)c(F)c3)cs2)nnc1-c1ccco1. The molecule has 0 aliphatic heterocycles. The maximum Gasteiger partial charge on any atom is 0.236 e. The van der Waals surface area contributed by atoms with Crippen LogP contribution in [0.3, 0.4) is 0 Å². The summed E-state index contributed by atoms with van der Waals surface area (Å²) in [6, 6.07) is 6.89. The number of rotatable bonds is 6. The molecule has 0 fully saturated rings. The number of nitrogens with one attached hydrogen (secondary N) is 1. The average Bonchev–Trinajstić information content (AvgIpc) is 3.44. The number of benzene rings is 1. The fourth-order valence-corrected chi connectivity index (χ4v) is 3.75. The third kappa shape index (κ3) is 4.12. The van der Waals surface area contributed by atoms with Crippen LogP contribution in [0.15, 0.2) is 51.5 Å². The number of carbonyl (C=O) groups excluding carboxylic acids is 1. The van der Waals surface area contributed by atoms with E-state index in [2.05, 4.69) is 20.5 Å². The maximum atomic E-state index is 13.4. The first-order valence-electron chi connectivity index (χ1n) is 8.09. The Bertz CT molecular complexity index is 1160. The second-order valence-corrected chi connectivity index (χ2v) is 7.46. The molecule has 12 heteroatoms. The van der Waals surface area contributed by atoms with Crippen LogP contribution in [-0.4, -0.2) is 31.5 Å². The number of hydrogen-bond donors (Lipinski definition) is 2. The zero-order valence-electron chi connectivity index (χ0n) is 14.5. The van der Waals surface area contributed by atoms with Crippen molar-refractivity contribution in [1.82, 2.24) is 19.9 Å². The number of carbonyl (C=O) groups is 1. The number of thiazole rings is 1. The van der Waals surface area contributed by atoms with Gasteiger partial charge in [0.15, 0.2) is 22.5 Å². The Morgan fingerprint density at radius 3 is 2.90 bits per heavy atom. The van der Waals surface area contributed by atoms with Crippen LogP contribution in [-0.2, 0) is 4.79 Å². The summed E-state index contributed by atoms with van der Waals surface area (Å²) in [5.74, 6) is 4.54. The highest BCUT2D eigenvalue weighted by Crippen LogP contribution is 2.27. The minimum Gasteiger partial charge on any atom is -0.461 e. The highest BCUT2D eigenvalue weighted by molar-refractivity contribution is 7.99. The molecule has 3 N–H and O–H groups in total. The molecule has 4 aromatic rings. The third-order valence-corrected chi connectivity index (χ3v) is 5.41. The molecule has 148 valence electrons. The van der Waals surface area contributed by atoms with Crippen LogP contribution in [0.2, 0.25) is 0 Å². The number of nitrogen functional groups attached to an aromatic ring is 1. The van der Waals surface area contributed by atoms with Crippen molar-refractivity contribution in [2.75, 3.05) is 16.9 Å². The van der Waals surface area contributed by atoms with Crippen molar-refractivity contribution >= 4 is 34.1 Å². The molecule has 0 aliphatic carbocycles. The first kappa shape index (κ1) is 19.1. The van der Waals surface area contributed by atoms with E-state index >= 15 is 0 Å². The predicted octanol–water partition coefficient (Wildman–Crippen LogP) is 3.38. The fourth-order valence-electron chi connectivity index (χ4n) is 2.35. The van der Waals surface area contributed by atoms with Crippen molar-refractivity contribution in [2.45, 2.75) is 5.16 Å². The molecular formula is C17H12F2N6O2S2. The quantitative estimate of drug-likeness (QED) is 0.353. The summed E-state index contributed by atoms with van der Waals surface area (Å²) in [6.45, 7) is 0. The fraction of sp³-hybridized carbons (Fsp3) is 0.0588. The normalized spacial score (nSPS) is 11.0. The summed E-state index contributed by atoms with van der Waals surface area (Å²) < 4.78 is 32.9. The lowest BCUT2D eigenvalue weighted by molar-refractivity contribution is -0.113. The molecule has 0 spiro atoms. The second kappa shape index (κ2) is 8.01. The minimum atomic E-state index is -0.961. The van der Waals surface area contributed by atoms with Crippen molar-refractivity contribution in [2.24, 2.45) is 0 Å². The molecule has 0 atom stereocenters. The zero-order valence-corrected chi connectivity index (χ0v) is 16.1. The lowest BCUT2D eigenvalue weighted by atomic mass is 10.2. The van der Waals surface area contributed by atoms with Gasteiger partial charge in [0.25, 0.3) is 0 Å². The number of halogens is 2. The van der Waals surface area contributed by atoms with Gasteiger partial charge in [0.1, 0.15) is 0 Å². The lowest BCUT2D eigenvalue weighted by Gasteiger charge is -2.02. The van der Waals surface area contributed by atoms with E-state index in [1.807, 2.05) is 0 Å². The smallest absolute Gasteiger partial charge is 0.236 e. The van der Waals surface area contributed by atoms with E-state index in [4.69, 9.17) is 10.3 Å². The van der Waals surface area contributed by atoms with Gasteiger partial charge in [-0.15, -0.1) is 21.5 Å². The van der Waals surface area contributed by atoms with Gasteiger partial charge in [-0.05, 0) is 30.3 Å². The minimum absolute atomic E-state index is 0.0214. The Labute approximate surface area is 170 Å². The van der Waals surface area contributed by atoms with Crippen LogP contribution in [0.4, 0.5) is 13.9 Å². The summed E-state index contributed by atoms with van der Waals surface area (Å²) in [5.41, 5.74) is 0.846. The van der Waals surface area contributed by atoms with Crippen molar-refractivity contribution in [3.05, 3.63) is 53.6 Å². The maximum absolute atomic E-state index is 13.4. The standard InChI is InChI=1S/C17H12F2N6O2S2/c18-10-4-3-9(6-11(10)19)12-7-28-16(21-12)22-14(26)8-29-17-24-23-15(25(17)20)13-2-1-5-27-13/h1-7H,8,20H2,(H,21,22,26). The number of anilines is 1. The van der Waals surface area contributed by atoms with Gasteiger partial charge < -0.3 is 15.6 Å². The number of nitrogens with two attached hydrogens (primary N) is 1. The number of nitrogens with zero attached hydrogens (tertiary/aromatic N) is 4. The Balaban J connectivity index is 1.37. The summed E-state index contributed by atoms with van der Waals surface area (Å²) in [6.07, 6.45) is 1.49. The molecule has 0 radical (unpaired) electrons. The van der Waals surface area contributed by atoms with Gasteiger partial charge in [-0.1, -0.05) is 11.8 Å². The van der Waals surface area contributed by atoms with E-state index in [1.165, 1.54) is 28.3 Å². The van der Waals surface area contributed by atoms with Gasteiger partial charge in [-0.3, -0.25) is 4.79 Å². The van der Waals surface area contributed by atoms with Crippen molar-refractivity contribution in [1.29, 1.82) is 0 Å². The Kier molecular flexibility index (Phi) is 5.27. The van der Waals surface area contributed by atoms with Crippen LogP contribution in [0.5, 0.6) is 0 Å². The molecular weight excluding hydrogens is 422 g/mol. The molecule has 8 nitrogen and oxygen atoms in total. The number of hydrogen-bond acceptors (Lipinski definition) is 8. The van der Waals surface area contributed by atoms with E-state index in [-0.39, 0.29) is 11.7 Å². The first-order chi connectivity index (χ1) is 14.0. The van der Waals surface area contributed by atoms with E-state index in [0.29, 0.717) is 33.1 Å². The molecule has 0 aliphatic rings. The molecule has 3 aromatic heterocycles. The topological polar surface area (TPSA) is 112 Å². The van der Waals surface area contributed by atoms with Gasteiger partial charge in [-0.25, -0.2) is 18.4 Å². The van der Waals surface area contributed by atoms with Crippen LogP contribution >= 0.6 is 23.1 Å². The van der Waals surface area contributed by atoms with Crippen LogP contribution < -0.4 is 11.2 Å². The average molecular weight is 434 g/mol.